The molecule has 1 rings (SSSR count). The van der Waals surface area contributed by atoms with Crippen LogP contribution in [0.15, 0.2) is 30.3 Å². The molecule has 13 heavy (non-hydrogen) atoms. The summed E-state index contributed by atoms with van der Waals surface area (Å²) in [4.78, 5) is 0.153. The fourth-order valence-electron chi connectivity index (χ4n) is 0.727. The average molecular weight is 373 g/mol. The summed E-state index contributed by atoms with van der Waals surface area (Å²) in [6.07, 6.45) is 0. The molecule has 1 aromatic rings. The normalized spacial score (nSPS) is 13.8. The third-order valence-electron chi connectivity index (χ3n) is 1.46. The molecule has 0 heterocycles. The second kappa shape index (κ2) is 4.80. The molecule has 0 saturated heterocycles. The molecule has 1 unspecified atom stereocenters. The highest BCUT2D eigenvalue weighted by molar-refractivity contribution is 9.26. The van der Waals surface area contributed by atoms with Crippen molar-refractivity contribution in [3.63, 3.8) is 0 Å². The van der Waals surface area contributed by atoms with Crippen LogP contribution >= 0.6 is 47.8 Å². The highest BCUT2D eigenvalue weighted by atomic mass is 79.9. The van der Waals surface area contributed by atoms with Gasteiger partial charge in [-0.1, -0.05) is 34.1 Å². The molecule has 0 aliphatic heterocycles. The summed E-state index contributed by atoms with van der Waals surface area (Å²) in [6.45, 7) is 1.99. The Labute approximate surface area is 103 Å². The fourth-order valence-corrected chi connectivity index (χ4v) is 1.19. The van der Waals surface area contributed by atoms with Crippen LogP contribution in [0.5, 0.6) is 5.75 Å². The van der Waals surface area contributed by atoms with Gasteiger partial charge >= 0.3 is 0 Å². The number of benzene rings is 1. The molecule has 0 amide bonds. The number of rotatable bonds is 3. The van der Waals surface area contributed by atoms with Gasteiger partial charge in [0.05, 0.1) is 4.83 Å². The highest BCUT2D eigenvalue weighted by Gasteiger charge is 2.30. The van der Waals surface area contributed by atoms with E-state index in [-0.39, 0.29) is 4.83 Å². The number of hydrogen-bond acceptors (Lipinski definition) is 1. The number of halogens is 3. The molecule has 0 radical (unpaired) electrons. The van der Waals surface area contributed by atoms with Gasteiger partial charge < -0.3 is 4.74 Å². The van der Waals surface area contributed by atoms with Crippen molar-refractivity contribution in [2.24, 2.45) is 0 Å². The SMILES string of the molecule is CC(Br)C(Br)(Br)Oc1ccccc1. The van der Waals surface area contributed by atoms with Gasteiger partial charge in [-0.15, -0.1) is 0 Å². The van der Waals surface area contributed by atoms with Crippen LogP contribution in [0.4, 0.5) is 0 Å². The molecule has 0 bridgehead atoms. The van der Waals surface area contributed by atoms with Gasteiger partial charge in [0.1, 0.15) is 5.75 Å². The molecule has 4 heteroatoms. The minimum atomic E-state index is -0.554. The first-order valence-electron chi connectivity index (χ1n) is 3.78. The highest BCUT2D eigenvalue weighted by Crippen LogP contribution is 2.36. The maximum absolute atomic E-state index is 5.65. The van der Waals surface area contributed by atoms with Crippen molar-refractivity contribution in [1.82, 2.24) is 0 Å². The predicted octanol–water partition coefficient (Wildman–Crippen LogP) is 4.29. The zero-order valence-corrected chi connectivity index (χ0v) is 11.8. The van der Waals surface area contributed by atoms with E-state index in [0.717, 1.165) is 5.75 Å². The van der Waals surface area contributed by atoms with E-state index in [1.807, 2.05) is 37.3 Å². The van der Waals surface area contributed by atoms with Crippen LogP contribution in [0.25, 0.3) is 0 Å². The Hall–Kier alpha value is 0.460. The minimum absolute atomic E-state index is 0.153. The van der Waals surface area contributed by atoms with Crippen molar-refractivity contribution in [1.29, 1.82) is 0 Å². The molecule has 0 N–H and O–H groups in total. The van der Waals surface area contributed by atoms with E-state index in [4.69, 9.17) is 4.74 Å². The van der Waals surface area contributed by atoms with Crippen molar-refractivity contribution in [3.8, 4) is 5.75 Å². The molecule has 0 aromatic heterocycles. The second-order valence-electron chi connectivity index (χ2n) is 2.59. The average Bonchev–Trinajstić information content (AvgIpc) is 2.05. The number of hydrogen-bond donors (Lipinski definition) is 0. The second-order valence-corrected chi connectivity index (χ2v) is 7.39. The Bertz CT molecular complexity index is 259. The van der Waals surface area contributed by atoms with Gasteiger partial charge in [0.2, 0.25) is 3.42 Å². The summed E-state index contributed by atoms with van der Waals surface area (Å²) in [5, 5.41) is 0. The van der Waals surface area contributed by atoms with Gasteiger partial charge in [-0.25, -0.2) is 0 Å². The van der Waals surface area contributed by atoms with E-state index < -0.39 is 3.42 Å². The van der Waals surface area contributed by atoms with E-state index in [9.17, 15) is 0 Å². The molecule has 0 aliphatic rings. The van der Waals surface area contributed by atoms with Gasteiger partial charge in [-0.05, 0) is 50.9 Å². The zero-order valence-electron chi connectivity index (χ0n) is 7.01. The topological polar surface area (TPSA) is 9.23 Å². The van der Waals surface area contributed by atoms with E-state index >= 15 is 0 Å². The fraction of sp³-hybridized carbons (Fsp3) is 0.333. The Balaban J connectivity index is 2.69. The Morgan fingerprint density at radius 3 is 2.23 bits per heavy atom. The molecule has 0 spiro atoms. The van der Waals surface area contributed by atoms with Gasteiger partial charge in [0.25, 0.3) is 0 Å². The maximum atomic E-state index is 5.65. The van der Waals surface area contributed by atoms with Crippen molar-refractivity contribution in [2.75, 3.05) is 0 Å². The first kappa shape index (κ1) is 11.5. The lowest BCUT2D eigenvalue weighted by Gasteiger charge is -2.24. The molecule has 0 fully saturated rings. The first-order chi connectivity index (χ1) is 6.02. The summed E-state index contributed by atoms with van der Waals surface area (Å²) in [5.74, 6) is 0.822. The summed E-state index contributed by atoms with van der Waals surface area (Å²) in [6, 6.07) is 9.64. The van der Waals surface area contributed by atoms with Crippen molar-refractivity contribution < 1.29 is 4.74 Å². The minimum Gasteiger partial charge on any atom is -0.465 e. The smallest absolute Gasteiger partial charge is 0.229 e. The van der Waals surface area contributed by atoms with E-state index in [2.05, 4.69) is 47.8 Å². The number of alkyl halides is 3. The van der Waals surface area contributed by atoms with Crippen LogP contribution in [0, 0.1) is 0 Å². The van der Waals surface area contributed by atoms with E-state index in [1.54, 1.807) is 0 Å². The Kier molecular flexibility index (Phi) is 4.26. The Morgan fingerprint density at radius 2 is 1.77 bits per heavy atom. The largest absolute Gasteiger partial charge is 0.465 e. The van der Waals surface area contributed by atoms with Crippen molar-refractivity contribution >= 4 is 47.8 Å². The van der Waals surface area contributed by atoms with Crippen LogP contribution < -0.4 is 4.74 Å². The lowest BCUT2D eigenvalue weighted by atomic mass is 10.3. The van der Waals surface area contributed by atoms with Gasteiger partial charge in [0, 0.05) is 0 Å². The summed E-state index contributed by atoms with van der Waals surface area (Å²) in [5.41, 5.74) is 0. The van der Waals surface area contributed by atoms with E-state index in [0.29, 0.717) is 0 Å². The number of para-hydroxylation sites is 1. The van der Waals surface area contributed by atoms with Gasteiger partial charge in [0.15, 0.2) is 0 Å². The van der Waals surface area contributed by atoms with Crippen LogP contribution in [-0.2, 0) is 0 Å². The third kappa shape index (κ3) is 3.60. The molecular weight excluding hydrogens is 364 g/mol. The summed E-state index contributed by atoms with van der Waals surface area (Å²) >= 11 is 10.3. The lowest BCUT2D eigenvalue weighted by molar-refractivity contribution is 0.273. The first-order valence-corrected chi connectivity index (χ1v) is 6.28. The lowest BCUT2D eigenvalue weighted by Crippen LogP contribution is -2.29. The molecule has 1 aromatic carbocycles. The molecular formula is C9H9Br3O. The predicted molar refractivity (Wildman–Crippen MR) is 66.0 cm³/mol. The molecule has 1 nitrogen and oxygen atoms in total. The molecule has 0 aliphatic carbocycles. The van der Waals surface area contributed by atoms with Crippen LogP contribution in [0.1, 0.15) is 6.92 Å². The quantitative estimate of drug-likeness (QED) is 0.719. The van der Waals surface area contributed by atoms with Crippen LogP contribution in [0.2, 0.25) is 0 Å². The van der Waals surface area contributed by atoms with Gasteiger partial charge in [-0.3, -0.25) is 0 Å². The van der Waals surface area contributed by atoms with Crippen LogP contribution in [0.3, 0.4) is 0 Å². The van der Waals surface area contributed by atoms with Crippen LogP contribution in [-0.4, -0.2) is 8.25 Å². The maximum Gasteiger partial charge on any atom is 0.229 e. The monoisotopic (exact) mass is 370 g/mol. The zero-order chi connectivity index (χ0) is 9.90. The number of ether oxygens (including phenoxy) is 1. The molecule has 1 atom stereocenters. The van der Waals surface area contributed by atoms with Gasteiger partial charge in [-0.2, -0.15) is 0 Å². The molecule has 0 saturated carbocycles. The summed E-state index contributed by atoms with van der Waals surface area (Å²) < 4.78 is 5.10. The Morgan fingerprint density at radius 1 is 1.23 bits per heavy atom. The summed E-state index contributed by atoms with van der Waals surface area (Å²) in [7, 11) is 0. The standard InChI is InChI=1S/C9H9Br3O/c1-7(10)9(11,12)13-8-5-3-2-4-6-8/h2-7H,1H3. The van der Waals surface area contributed by atoms with E-state index in [1.165, 1.54) is 0 Å². The third-order valence-corrected chi connectivity index (χ3v) is 5.03. The van der Waals surface area contributed by atoms with Crippen molar-refractivity contribution in [2.45, 2.75) is 15.2 Å². The van der Waals surface area contributed by atoms with Crippen molar-refractivity contribution in [3.05, 3.63) is 30.3 Å². The molecule has 72 valence electrons.